The van der Waals surface area contributed by atoms with Gasteiger partial charge in [-0.1, -0.05) is 65.3 Å². The molecule has 3 fully saturated rings. The summed E-state index contributed by atoms with van der Waals surface area (Å²) in [5.41, 5.74) is -2.42. The third-order valence-corrected chi connectivity index (χ3v) is 12.0. The molecule has 3 aliphatic heterocycles. The molecule has 2 aliphatic carbocycles. The first kappa shape index (κ1) is 37.7. The van der Waals surface area contributed by atoms with Gasteiger partial charge in [-0.2, -0.15) is 0 Å². The molecule has 2 saturated heterocycles. The summed E-state index contributed by atoms with van der Waals surface area (Å²) in [6, 6.07) is -1.05. The van der Waals surface area contributed by atoms with Crippen molar-refractivity contribution in [2.24, 2.45) is 27.6 Å². The maximum atomic E-state index is 14.2. The van der Waals surface area contributed by atoms with E-state index >= 15 is 0 Å². The number of cyclic esters (lactones) is 2. The van der Waals surface area contributed by atoms with Gasteiger partial charge in [-0.3, -0.25) is 9.59 Å². The molecule has 49 heavy (non-hydrogen) atoms. The molecular formula is C37H50INO10. The monoisotopic (exact) mass is 795 g/mol. The molecule has 1 amide bonds. The molecule has 8 atom stereocenters. The van der Waals surface area contributed by atoms with E-state index in [1.807, 2.05) is 20.8 Å². The number of rotatable bonds is 6. The number of epoxide rings is 1. The molecule has 2 bridgehead atoms. The quantitative estimate of drug-likeness (QED) is 0.0964. The van der Waals surface area contributed by atoms with Crippen molar-refractivity contribution in [3.05, 3.63) is 36.0 Å². The summed E-state index contributed by atoms with van der Waals surface area (Å²) in [7, 11) is 0. The second kappa shape index (κ2) is 13.9. The van der Waals surface area contributed by atoms with E-state index in [1.54, 1.807) is 36.4 Å². The fourth-order valence-electron chi connectivity index (χ4n) is 8.92. The van der Waals surface area contributed by atoms with Crippen molar-refractivity contribution in [2.75, 3.05) is 19.8 Å². The van der Waals surface area contributed by atoms with Gasteiger partial charge in [0.15, 0.2) is 3.79 Å². The second-order valence-electron chi connectivity index (χ2n) is 16.2. The molecule has 2 spiro atoms. The van der Waals surface area contributed by atoms with Crippen molar-refractivity contribution >= 4 is 50.2 Å². The lowest BCUT2D eigenvalue weighted by atomic mass is 9.51. The number of hydrogen-bond acceptors (Lipinski definition) is 10. The molecule has 0 aromatic heterocycles. The number of carbonyl (C=O) groups excluding carboxylic acids is 5. The molecule has 0 radical (unpaired) electrons. The molecular weight excluding hydrogens is 745 g/mol. The number of nitrogens with one attached hydrogen (secondary N) is 1. The highest BCUT2D eigenvalue weighted by Gasteiger charge is 2.83. The van der Waals surface area contributed by atoms with Crippen molar-refractivity contribution in [1.29, 1.82) is 0 Å². The second-order valence-corrected chi connectivity index (χ2v) is 17.4. The third-order valence-electron chi connectivity index (χ3n) is 11.6. The van der Waals surface area contributed by atoms with E-state index in [0.29, 0.717) is 32.3 Å². The predicted octanol–water partition coefficient (Wildman–Crippen LogP) is 5.09. The van der Waals surface area contributed by atoms with Crippen LogP contribution in [0.2, 0.25) is 0 Å². The van der Waals surface area contributed by atoms with Gasteiger partial charge in [-0.05, 0) is 66.5 Å². The zero-order valence-corrected chi connectivity index (χ0v) is 31.8. The maximum Gasteiger partial charge on any atom is 0.331 e. The minimum atomic E-state index is -1.05. The van der Waals surface area contributed by atoms with Gasteiger partial charge in [0.2, 0.25) is 5.91 Å². The van der Waals surface area contributed by atoms with Gasteiger partial charge in [0.25, 0.3) is 0 Å². The first-order valence-electron chi connectivity index (χ1n) is 17.2. The molecule has 0 aromatic rings. The van der Waals surface area contributed by atoms with Crippen molar-refractivity contribution in [2.45, 2.75) is 117 Å². The van der Waals surface area contributed by atoms with Crippen LogP contribution < -0.4 is 5.32 Å². The Morgan fingerprint density at radius 1 is 1.02 bits per heavy atom. The number of ether oxygens (including phenoxy) is 5. The maximum absolute atomic E-state index is 14.2. The smallest absolute Gasteiger partial charge is 0.331 e. The average Bonchev–Trinajstić information content (AvgIpc) is 3.77. The van der Waals surface area contributed by atoms with E-state index in [0.717, 1.165) is 6.42 Å². The highest BCUT2D eigenvalue weighted by Crippen LogP contribution is 2.72. The van der Waals surface area contributed by atoms with E-state index in [1.165, 1.54) is 29.9 Å². The lowest BCUT2D eigenvalue weighted by Gasteiger charge is -2.58. The van der Waals surface area contributed by atoms with E-state index < -0.39 is 69.3 Å². The molecule has 11 nitrogen and oxygen atoms in total. The van der Waals surface area contributed by atoms with Crippen LogP contribution in [0.1, 0.15) is 87.0 Å². The van der Waals surface area contributed by atoms with E-state index in [4.69, 9.17) is 23.7 Å². The Balaban J connectivity index is 1.48. The number of halogens is 1. The molecule has 3 heterocycles. The number of amides is 1. The first-order chi connectivity index (χ1) is 22.9. The molecule has 270 valence electrons. The zero-order chi connectivity index (χ0) is 36.0. The Hall–Kier alpha value is -2.58. The Labute approximate surface area is 302 Å². The van der Waals surface area contributed by atoms with E-state index in [-0.39, 0.29) is 35.4 Å². The van der Waals surface area contributed by atoms with Crippen LogP contribution in [0.5, 0.6) is 0 Å². The van der Waals surface area contributed by atoms with Gasteiger partial charge in [0.1, 0.15) is 24.4 Å². The molecule has 1 unspecified atom stereocenters. The van der Waals surface area contributed by atoms with Gasteiger partial charge in [-0.15, -0.1) is 0 Å². The molecule has 5 rings (SSSR count). The third kappa shape index (κ3) is 7.28. The summed E-state index contributed by atoms with van der Waals surface area (Å²) in [5.74, 6) is -2.60. The van der Waals surface area contributed by atoms with Gasteiger partial charge >= 0.3 is 17.9 Å². The Morgan fingerprint density at radius 2 is 1.69 bits per heavy atom. The van der Waals surface area contributed by atoms with E-state index in [2.05, 4.69) is 25.2 Å². The van der Waals surface area contributed by atoms with Crippen LogP contribution in [0, 0.1) is 27.6 Å². The summed E-state index contributed by atoms with van der Waals surface area (Å²) in [4.78, 5) is 65.5. The van der Waals surface area contributed by atoms with Gasteiger partial charge in [-0.25, -0.2) is 14.4 Å². The molecule has 1 N–H and O–H groups in total. The van der Waals surface area contributed by atoms with Crippen LogP contribution in [-0.4, -0.2) is 77.4 Å². The summed E-state index contributed by atoms with van der Waals surface area (Å²) in [5, 5.41) is 2.98. The van der Waals surface area contributed by atoms with Crippen LogP contribution in [0.25, 0.3) is 0 Å². The SMILES string of the molecule is CC1=CC2O[C@@H]3C[C@H]4OC(=O)/C=C\C=C\C(=O)OCC[C@@H](C)[C@H](NC(=O)C(C)(C)CC(C)(C)CC(=O)I)C(=O)OC[C@@]2(CC1)[C@]4(C)[C@]31CO1. The lowest BCUT2D eigenvalue weighted by Crippen LogP contribution is -2.67. The number of hydrogen-bond donors (Lipinski definition) is 1. The van der Waals surface area contributed by atoms with Crippen molar-refractivity contribution in [1.82, 2.24) is 5.32 Å². The standard InChI is InChI=1S/C37H50INO10/c1-22-12-14-36-20-46-31(43)30(39-32(44)34(5,6)19-33(3,4)18-27(38)40)23(2)13-15-45-28(41)10-8-9-11-29(42)49-24-17-26(48-25(36)16-22)37(21-47-37)35(24,36)7/h8-11,16,23-26,30H,12-15,17-21H2,1-7H3,(H,39,44)/b10-8+,11-9-/t23-,24-,25?,26-,30+,35-,36-,37+/m1/s1. The summed E-state index contributed by atoms with van der Waals surface area (Å²) < 4.78 is 30.7. The molecule has 1 saturated carbocycles. The molecule has 5 aliphatic rings. The van der Waals surface area contributed by atoms with Crippen LogP contribution in [0.15, 0.2) is 36.0 Å². The minimum absolute atomic E-state index is 0.00510. The number of carbonyl (C=O) groups is 5. The highest BCUT2D eigenvalue weighted by atomic mass is 127. The molecule has 0 aromatic carbocycles. The zero-order valence-electron chi connectivity index (χ0n) is 29.6. The average molecular weight is 796 g/mol. The fraction of sp³-hybridized carbons (Fsp3) is 0.703. The first-order valence-corrected chi connectivity index (χ1v) is 18.3. The summed E-state index contributed by atoms with van der Waals surface area (Å²) in [6.45, 7) is 13.8. The predicted molar refractivity (Wildman–Crippen MR) is 187 cm³/mol. The van der Waals surface area contributed by atoms with Gasteiger partial charge in [0, 0.05) is 35.8 Å². The number of allylic oxidation sites excluding steroid dienone is 3. The van der Waals surface area contributed by atoms with Crippen LogP contribution in [-0.2, 0) is 47.7 Å². The molecule has 12 heteroatoms. The highest BCUT2D eigenvalue weighted by molar-refractivity contribution is 14.1. The van der Waals surface area contributed by atoms with Crippen molar-refractivity contribution in [3.8, 4) is 0 Å². The van der Waals surface area contributed by atoms with Gasteiger partial charge in [0.05, 0.1) is 30.8 Å². The Bertz CT molecular complexity index is 1460. The number of esters is 3. The summed E-state index contributed by atoms with van der Waals surface area (Å²) in [6.07, 6.45) is 8.91. The van der Waals surface area contributed by atoms with Crippen LogP contribution in [0.4, 0.5) is 0 Å². The summed E-state index contributed by atoms with van der Waals surface area (Å²) >= 11 is 1.77. The van der Waals surface area contributed by atoms with Crippen LogP contribution >= 0.6 is 22.6 Å². The fourth-order valence-corrected chi connectivity index (χ4v) is 9.95. The van der Waals surface area contributed by atoms with Crippen molar-refractivity contribution in [3.63, 3.8) is 0 Å². The Morgan fingerprint density at radius 3 is 2.35 bits per heavy atom. The minimum Gasteiger partial charge on any atom is -0.463 e. The normalized spacial score (nSPS) is 38.1. The largest absolute Gasteiger partial charge is 0.463 e. The van der Waals surface area contributed by atoms with Crippen molar-refractivity contribution < 1.29 is 47.7 Å². The topological polar surface area (TPSA) is 147 Å². The lowest BCUT2D eigenvalue weighted by molar-refractivity contribution is -0.233. The van der Waals surface area contributed by atoms with Crippen LogP contribution in [0.3, 0.4) is 0 Å². The Kier molecular flexibility index (Phi) is 10.7. The van der Waals surface area contributed by atoms with E-state index in [9.17, 15) is 24.0 Å². The van der Waals surface area contributed by atoms with Gasteiger partial charge < -0.3 is 29.0 Å².